The van der Waals surface area contributed by atoms with Gasteiger partial charge < -0.3 is 14.4 Å². The SMILES string of the molecule is CCOC(=O)C1=CN(c2cccc(F)c2)C=C(C(=O)OCC)C1c1ccccc1. The van der Waals surface area contributed by atoms with Gasteiger partial charge in [0.2, 0.25) is 0 Å². The van der Waals surface area contributed by atoms with Crippen LogP contribution in [0.2, 0.25) is 0 Å². The minimum Gasteiger partial charge on any atom is -0.463 e. The van der Waals surface area contributed by atoms with Crippen molar-refractivity contribution in [1.29, 1.82) is 0 Å². The van der Waals surface area contributed by atoms with E-state index in [2.05, 4.69) is 0 Å². The summed E-state index contributed by atoms with van der Waals surface area (Å²) in [5, 5.41) is 0. The average Bonchev–Trinajstić information content (AvgIpc) is 2.73. The summed E-state index contributed by atoms with van der Waals surface area (Å²) in [6, 6.07) is 15.1. The van der Waals surface area contributed by atoms with Gasteiger partial charge in [0.05, 0.1) is 30.3 Å². The van der Waals surface area contributed by atoms with E-state index in [1.54, 1.807) is 43.3 Å². The lowest BCUT2D eigenvalue weighted by molar-refractivity contribution is -0.139. The monoisotopic (exact) mass is 395 g/mol. The highest BCUT2D eigenvalue weighted by Gasteiger charge is 2.35. The predicted molar refractivity (Wildman–Crippen MR) is 107 cm³/mol. The fraction of sp³-hybridized carbons (Fsp3) is 0.217. The number of carbonyl (C=O) groups excluding carboxylic acids is 2. The van der Waals surface area contributed by atoms with Crippen LogP contribution < -0.4 is 4.90 Å². The predicted octanol–water partition coefficient (Wildman–Crippen LogP) is 4.32. The van der Waals surface area contributed by atoms with Gasteiger partial charge >= 0.3 is 11.9 Å². The summed E-state index contributed by atoms with van der Waals surface area (Å²) in [4.78, 5) is 27.1. The van der Waals surface area contributed by atoms with Crippen LogP contribution in [0.3, 0.4) is 0 Å². The number of halogens is 1. The molecule has 0 atom stereocenters. The molecular weight excluding hydrogens is 373 g/mol. The van der Waals surface area contributed by atoms with E-state index in [0.717, 1.165) is 5.56 Å². The van der Waals surface area contributed by atoms with Gasteiger partial charge in [0.15, 0.2) is 0 Å². The fourth-order valence-electron chi connectivity index (χ4n) is 3.21. The number of nitrogens with zero attached hydrogens (tertiary/aromatic N) is 1. The van der Waals surface area contributed by atoms with Gasteiger partial charge in [-0.1, -0.05) is 36.4 Å². The van der Waals surface area contributed by atoms with Gasteiger partial charge in [0.25, 0.3) is 0 Å². The fourth-order valence-corrected chi connectivity index (χ4v) is 3.21. The second-order valence-electron chi connectivity index (χ2n) is 6.34. The Balaban J connectivity index is 2.16. The molecule has 0 spiro atoms. The van der Waals surface area contributed by atoms with Crippen LogP contribution in [0.1, 0.15) is 25.3 Å². The van der Waals surface area contributed by atoms with Crippen LogP contribution in [-0.4, -0.2) is 25.2 Å². The molecule has 1 heterocycles. The lowest BCUT2D eigenvalue weighted by Gasteiger charge is -2.30. The van der Waals surface area contributed by atoms with Gasteiger partial charge in [-0.15, -0.1) is 0 Å². The number of benzene rings is 2. The number of esters is 2. The third-order valence-electron chi connectivity index (χ3n) is 4.44. The largest absolute Gasteiger partial charge is 0.463 e. The van der Waals surface area contributed by atoms with E-state index in [-0.39, 0.29) is 24.4 Å². The molecule has 0 aliphatic carbocycles. The number of hydrogen-bond acceptors (Lipinski definition) is 5. The van der Waals surface area contributed by atoms with Gasteiger partial charge in [-0.25, -0.2) is 14.0 Å². The van der Waals surface area contributed by atoms with Crippen LogP contribution in [0.5, 0.6) is 0 Å². The Morgan fingerprint density at radius 2 is 1.48 bits per heavy atom. The minimum absolute atomic E-state index is 0.191. The third-order valence-corrected chi connectivity index (χ3v) is 4.44. The summed E-state index contributed by atoms with van der Waals surface area (Å²) in [5.74, 6) is -2.17. The highest BCUT2D eigenvalue weighted by molar-refractivity contribution is 6.00. The maximum Gasteiger partial charge on any atom is 0.336 e. The molecule has 0 bridgehead atoms. The topological polar surface area (TPSA) is 55.8 Å². The van der Waals surface area contributed by atoms with Crippen molar-refractivity contribution in [3.63, 3.8) is 0 Å². The van der Waals surface area contributed by atoms with E-state index in [1.165, 1.54) is 12.1 Å². The number of ether oxygens (including phenoxy) is 2. The zero-order chi connectivity index (χ0) is 20.8. The number of anilines is 1. The summed E-state index contributed by atoms with van der Waals surface area (Å²) >= 11 is 0. The smallest absolute Gasteiger partial charge is 0.336 e. The molecule has 0 amide bonds. The second-order valence-corrected chi connectivity index (χ2v) is 6.34. The van der Waals surface area contributed by atoms with Crippen molar-refractivity contribution in [2.75, 3.05) is 18.1 Å². The Morgan fingerprint density at radius 1 is 0.897 bits per heavy atom. The molecular formula is C23H22FNO4. The molecule has 3 rings (SSSR count). The molecule has 0 saturated heterocycles. The normalized spacial score (nSPS) is 14.1. The van der Waals surface area contributed by atoms with Gasteiger partial charge in [-0.2, -0.15) is 0 Å². The van der Waals surface area contributed by atoms with Crippen molar-refractivity contribution in [1.82, 2.24) is 0 Å². The maximum absolute atomic E-state index is 13.8. The van der Waals surface area contributed by atoms with E-state index in [1.807, 2.05) is 30.3 Å². The minimum atomic E-state index is -0.654. The van der Waals surface area contributed by atoms with Crippen molar-refractivity contribution < 1.29 is 23.5 Å². The molecule has 0 saturated carbocycles. The molecule has 29 heavy (non-hydrogen) atoms. The van der Waals surface area contributed by atoms with Gasteiger partial charge in [-0.05, 0) is 37.6 Å². The average molecular weight is 395 g/mol. The van der Waals surface area contributed by atoms with Crippen LogP contribution in [0, 0.1) is 5.82 Å². The van der Waals surface area contributed by atoms with E-state index in [0.29, 0.717) is 5.69 Å². The summed E-state index contributed by atoms with van der Waals surface area (Å²) in [6.07, 6.45) is 3.15. The van der Waals surface area contributed by atoms with E-state index >= 15 is 0 Å². The van der Waals surface area contributed by atoms with Crippen molar-refractivity contribution in [3.8, 4) is 0 Å². The lowest BCUT2D eigenvalue weighted by atomic mass is 9.83. The molecule has 0 fully saturated rings. The molecule has 2 aromatic carbocycles. The molecule has 0 N–H and O–H groups in total. The summed E-state index contributed by atoms with van der Waals surface area (Å²) in [7, 11) is 0. The first-order valence-corrected chi connectivity index (χ1v) is 9.41. The molecule has 5 nitrogen and oxygen atoms in total. The van der Waals surface area contributed by atoms with Crippen LogP contribution in [0.4, 0.5) is 10.1 Å². The number of hydrogen-bond donors (Lipinski definition) is 0. The Morgan fingerprint density at radius 3 is 2.00 bits per heavy atom. The van der Waals surface area contributed by atoms with Crippen LogP contribution >= 0.6 is 0 Å². The van der Waals surface area contributed by atoms with E-state index < -0.39 is 23.7 Å². The Bertz CT molecular complexity index is 916. The molecule has 0 unspecified atom stereocenters. The quantitative estimate of drug-likeness (QED) is 0.682. The van der Waals surface area contributed by atoms with E-state index in [4.69, 9.17) is 9.47 Å². The zero-order valence-electron chi connectivity index (χ0n) is 16.3. The molecule has 2 aromatic rings. The van der Waals surface area contributed by atoms with Crippen LogP contribution in [-0.2, 0) is 19.1 Å². The van der Waals surface area contributed by atoms with E-state index in [9.17, 15) is 14.0 Å². The summed E-state index contributed by atoms with van der Waals surface area (Å²) < 4.78 is 24.2. The molecule has 1 aliphatic rings. The van der Waals surface area contributed by atoms with Crippen molar-refractivity contribution in [2.45, 2.75) is 19.8 Å². The molecule has 6 heteroatoms. The molecule has 0 radical (unpaired) electrons. The van der Waals surface area contributed by atoms with Crippen LogP contribution in [0.25, 0.3) is 0 Å². The highest BCUT2D eigenvalue weighted by atomic mass is 19.1. The van der Waals surface area contributed by atoms with Gasteiger partial charge in [0.1, 0.15) is 5.82 Å². The first-order chi connectivity index (χ1) is 14.0. The number of rotatable bonds is 6. The first-order valence-electron chi connectivity index (χ1n) is 9.41. The van der Waals surface area contributed by atoms with Crippen molar-refractivity contribution in [2.24, 2.45) is 0 Å². The Hall–Kier alpha value is -3.41. The van der Waals surface area contributed by atoms with Crippen LogP contribution in [0.15, 0.2) is 78.1 Å². The molecule has 150 valence electrons. The standard InChI is InChI=1S/C23H22FNO4/c1-3-28-22(26)19-14-25(18-12-8-11-17(24)13-18)15-20(23(27)29-4-2)21(19)16-9-6-5-7-10-16/h5-15,21H,3-4H2,1-2H3. The second kappa shape index (κ2) is 9.19. The zero-order valence-corrected chi connectivity index (χ0v) is 16.3. The summed E-state index contributed by atoms with van der Waals surface area (Å²) in [6.45, 7) is 3.81. The third kappa shape index (κ3) is 4.54. The maximum atomic E-state index is 13.8. The number of carbonyl (C=O) groups is 2. The highest BCUT2D eigenvalue weighted by Crippen LogP contribution is 2.38. The van der Waals surface area contributed by atoms with Crippen molar-refractivity contribution >= 4 is 17.6 Å². The van der Waals surface area contributed by atoms with Gasteiger partial charge in [-0.3, -0.25) is 0 Å². The summed E-state index contributed by atoms with van der Waals surface area (Å²) in [5.41, 5.74) is 1.77. The van der Waals surface area contributed by atoms with Crippen molar-refractivity contribution in [3.05, 3.63) is 89.5 Å². The Kier molecular flexibility index (Phi) is 6.44. The molecule has 1 aliphatic heterocycles. The molecule has 0 aromatic heterocycles. The lowest BCUT2D eigenvalue weighted by Crippen LogP contribution is -2.29. The first kappa shape index (κ1) is 20.3. The van der Waals surface area contributed by atoms with Gasteiger partial charge in [0, 0.05) is 18.1 Å². The Labute approximate surface area is 169 Å².